The predicted molar refractivity (Wildman–Crippen MR) is 97.4 cm³/mol. The molecule has 2 heterocycles. The minimum Gasteiger partial charge on any atom is -0.465 e. The van der Waals surface area contributed by atoms with Crippen LogP contribution in [-0.4, -0.2) is 60.6 Å². The maximum Gasteiger partial charge on any atom is 0.337 e. The number of ether oxygens (including phenoxy) is 1. The van der Waals surface area contributed by atoms with Crippen molar-refractivity contribution < 1.29 is 9.53 Å². The van der Waals surface area contributed by atoms with Gasteiger partial charge in [-0.05, 0) is 29.8 Å². The standard InChI is InChI=1S/C20H25N3O2/c1-25-20(24)18-6-4-5-17(15-18)16-23-13-11-22(12-14-23)10-8-19-7-2-3-9-21-19/h2-7,9,15H,8,10-14,16H2,1H3. The largest absolute Gasteiger partial charge is 0.465 e. The Kier molecular flexibility index (Phi) is 6.14. The van der Waals surface area contributed by atoms with E-state index in [1.165, 1.54) is 7.11 Å². The van der Waals surface area contributed by atoms with E-state index in [-0.39, 0.29) is 5.97 Å². The lowest BCUT2D eigenvalue weighted by molar-refractivity contribution is 0.0600. The number of esters is 1. The minimum atomic E-state index is -0.277. The summed E-state index contributed by atoms with van der Waals surface area (Å²) in [6.45, 7) is 6.17. The molecule has 0 atom stereocenters. The van der Waals surface area contributed by atoms with Crippen LogP contribution in [-0.2, 0) is 17.7 Å². The SMILES string of the molecule is COC(=O)c1cccc(CN2CCN(CCc3ccccn3)CC2)c1. The molecule has 0 N–H and O–H groups in total. The molecule has 0 unspecified atom stereocenters. The number of methoxy groups -OCH3 is 1. The van der Waals surface area contributed by atoms with Crippen LogP contribution >= 0.6 is 0 Å². The van der Waals surface area contributed by atoms with E-state index in [1.54, 1.807) is 6.07 Å². The lowest BCUT2D eigenvalue weighted by Gasteiger charge is -2.34. The van der Waals surface area contributed by atoms with E-state index in [0.717, 1.165) is 56.9 Å². The van der Waals surface area contributed by atoms with E-state index in [0.29, 0.717) is 5.56 Å². The van der Waals surface area contributed by atoms with Crippen LogP contribution < -0.4 is 0 Å². The number of rotatable bonds is 6. The van der Waals surface area contributed by atoms with Crippen molar-refractivity contribution in [2.45, 2.75) is 13.0 Å². The molecule has 1 aliphatic rings. The third-order valence-corrected chi connectivity index (χ3v) is 4.63. The lowest BCUT2D eigenvalue weighted by atomic mass is 10.1. The van der Waals surface area contributed by atoms with Crippen molar-refractivity contribution in [2.75, 3.05) is 39.8 Å². The van der Waals surface area contributed by atoms with Crippen LogP contribution in [0.4, 0.5) is 0 Å². The number of hydrogen-bond donors (Lipinski definition) is 0. The molecule has 2 aromatic rings. The van der Waals surface area contributed by atoms with E-state index in [4.69, 9.17) is 4.74 Å². The molecule has 1 saturated heterocycles. The number of carbonyl (C=O) groups excluding carboxylic acids is 1. The zero-order valence-corrected chi connectivity index (χ0v) is 14.7. The van der Waals surface area contributed by atoms with E-state index in [1.807, 2.05) is 30.5 Å². The van der Waals surface area contributed by atoms with Gasteiger partial charge in [0.15, 0.2) is 0 Å². The molecule has 25 heavy (non-hydrogen) atoms. The van der Waals surface area contributed by atoms with Crippen molar-refractivity contribution in [3.63, 3.8) is 0 Å². The molecular weight excluding hydrogens is 314 g/mol. The van der Waals surface area contributed by atoms with Crippen LogP contribution in [0.25, 0.3) is 0 Å². The first kappa shape index (κ1) is 17.6. The summed E-state index contributed by atoms with van der Waals surface area (Å²) in [5, 5.41) is 0. The van der Waals surface area contributed by atoms with E-state index in [9.17, 15) is 4.79 Å². The van der Waals surface area contributed by atoms with Gasteiger partial charge in [0.1, 0.15) is 0 Å². The minimum absolute atomic E-state index is 0.277. The fourth-order valence-corrected chi connectivity index (χ4v) is 3.16. The molecular formula is C20H25N3O2. The summed E-state index contributed by atoms with van der Waals surface area (Å²) >= 11 is 0. The number of hydrogen-bond acceptors (Lipinski definition) is 5. The molecule has 1 aromatic carbocycles. The van der Waals surface area contributed by atoms with Crippen molar-refractivity contribution >= 4 is 5.97 Å². The lowest BCUT2D eigenvalue weighted by Crippen LogP contribution is -2.46. The third kappa shape index (κ3) is 5.11. The number of nitrogens with zero attached hydrogens (tertiary/aromatic N) is 3. The Bertz CT molecular complexity index is 682. The Hall–Kier alpha value is -2.24. The summed E-state index contributed by atoms with van der Waals surface area (Å²) in [6.07, 6.45) is 2.86. The van der Waals surface area contributed by atoms with Gasteiger partial charge >= 0.3 is 5.97 Å². The molecule has 0 aliphatic carbocycles. The Morgan fingerprint density at radius 3 is 2.60 bits per heavy atom. The van der Waals surface area contributed by atoms with Gasteiger partial charge in [-0.25, -0.2) is 4.79 Å². The second-order valence-corrected chi connectivity index (χ2v) is 6.38. The van der Waals surface area contributed by atoms with Gasteiger partial charge in [0.05, 0.1) is 12.7 Å². The van der Waals surface area contributed by atoms with E-state index >= 15 is 0 Å². The van der Waals surface area contributed by atoms with Gasteiger partial charge < -0.3 is 9.64 Å². The molecule has 1 aliphatic heterocycles. The van der Waals surface area contributed by atoms with Crippen molar-refractivity contribution in [2.24, 2.45) is 0 Å². The smallest absolute Gasteiger partial charge is 0.337 e. The van der Waals surface area contributed by atoms with Crippen LogP contribution in [0.3, 0.4) is 0 Å². The summed E-state index contributed by atoms with van der Waals surface area (Å²) in [5.41, 5.74) is 2.93. The van der Waals surface area contributed by atoms with E-state index < -0.39 is 0 Å². The van der Waals surface area contributed by atoms with Gasteiger partial charge in [-0.3, -0.25) is 9.88 Å². The Balaban J connectivity index is 1.45. The van der Waals surface area contributed by atoms with Crippen LogP contribution in [0.1, 0.15) is 21.6 Å². The Labute approximate surface area is 149 Å². The summed E-state index contributed by atoms with van der Waals surface area (Å²) in [6, 6.07) is 13.8. The molecule has 0 amide bonds. The number of piperazine rings is 1. The number of aromatic nitrogens is 1. The van der Waals surface area contributed by atoms with Gasteiger partial charge in [0, 0.05) is 57.6 Å². The normalized spacial score (nSPS) is 15.9. The summed E-state index contributed by atoms with van der Waals surface area (Å²) in [4.78, 5) is 21.0. The second-order valence-electron chi connectivity index (χ2n) is 6.38. The fourth-order valence-electron chi connectivity index (χ4n) is 3.16. The Morgan fingerprint density at radius 1 is 1.08 bits per heavy atom. The van der Waals surface area contributed by atoms with Crippen molar-refractivity contribution in [3.05, 3.63) is 65.5 Å². The molecule has 1 fully saturated rings. The zero-order chi connectivity index (χ0) is 17.5. The number of carbonyl (C=O) groups is 1. The van der Waals surface area contributed by atoms with Crippen molar-refractivity contribution in [1.82, 2.24) is 14.8 Å². The molecule has 0 radical (unpaired) electrons. The number of benzene rings is 1. The van der Waals surface area contributed by atoms with E-state index in [2.05, 4.69) is 26.9 Å². The number of pyridine rings is 1. The third-order valence-electron chi connectivity index (χ3n) is 4.63. The molecule has 3 rings (SSSR count). The van der Waals surface area contributed by atoms with Gasteiger partial charge in [0.25, 0.3) is 0 Å². The van der Waals surface area contributed by atoms with Crippen LogP contribution in [0, 0.1) is 0 Å². The fraction of sp³-hybridized carbons (Fsp3) is 0.400. The first-order valence-electron chi connectivity index (χ1n) is 8.76. The van der Waals surface area contributed by atoms with Gasteiger partial charge in [-0.15, -0.1) is 0 Å². The highest BCUT2D eigenvalue weighted by atomic mass is 16.5. The molecule has 0 bridgehead atoms. The summed E-state index contributed by atoms with van der Waals surface area (Å²) in [5.74, 6) is -0.277. The maximum absolute atomic E-state index is 11.6. The van der Waals surface area contributed by atoms with Crippen molar-refractivity contribution in [1.29, 1.82) is 0 Å². The molecule has 5 nitrogen and oxygen atoms in total. The van der Waals surface area contributed by atoms with Crippen LogP contribution in [0.5, 0.6) is 0 Å². The van der Waals surface area contributed by atoms with Gasteiger partial charge in [-0.2, -0.15) is 0 Å². The quantitative estimate of drug-likeness (QED) is 0.755. The predicted octanol–water partition coefficient (Wildman–Crippen LogP) is 2.23. The molecule has 1 aromatic heterocycles. The summed E-state index contributed by atoms with van der Waals surface area (Å²) in [7, 11) is 1.42. The highest BCUT2D eigenvalue weighted by molar-refractivity contribution is 5.89. The molecule has 0 spiro atoms. The zero-order valence-electron chi connectivity index (χ0n) is 14.7. The highest BCUT2D eigenvalue weighted by Gasteiger charge is 2.17. The van der Waals surface area contributed by atoms with Crippen LogP contribution in [0.15, 0.2) is 48.7 Å². The summed E-state index contributed by atoms with van der Waals surface area (Å²) < 4.78 is 4.79. The second kappa shape index (κ2) is 8.74. The average molecular weight is 339 g/mol. The first-order chi connectivity index (χ1) is 12.2. The first-order valence-corrected chi connectivity index (χ1v) is 8.76. The Morgan fingerprint density at radius 2 is 1.88 bits per heavy atom. The monoisotopic (exact) mass is 339 g/mol. The van der Waals surface area contributed by atoms with Crippen LogP contribution in [0.2, 0.25) is 0 Å². The van der Waals surface area contributed by atoms with Gasteiger partial charge in [-0.1, -0.05) is 18.2 Å². The average Bonchev–Trinajstić information content (AvgIpc) is 2.68. The van der Waals surface area contributed by atoms with Gasteiger partial charge in [0.2, 0.25) is 0 Å². The molecule has 132 valence electrons. The van der Waals surface area contributed by atoms with Crippen molar-refractivity contribution in [3.8, 4) is 0 Å². The maximum atomic E-state index is 11.6. The topological polar surface area (TPSA) is 45.7 Å². The highest BCUT2D eigenvalue weighted by Crippen LogP contribution is 2.12. The molecule has 5 heteroatoms. The molecule has 0 saturated carbocycles.